The van der Waals surface area contributed by atoms with Gasteiger partial charge in [0.15, 0.2) is 12.4 Å². The van der Waals surface area contributed by atoms with E-state index in [4.69, 9.17) is 4.74 Å². The third kappa shape index (κ3) is 10.6. The summed E-state index contributed by atoms with van der Waals surface area (Å²) in [6.45, 7) is 0.744. The predicted molar refractivity (Wildman–Crippen MR) is 156 cm³/mol. The highest BCUT2D eigenvalue weighted by Crippen LogP contribution is 2.28. The van der Waals surface area contributed by atoms with E-state index in [0.717, 1.165) is 16.7 Å². The first-order valence-corrected chi connectivity index (χ1v) is 13.9. The first-order valence-electron chi connectivity index (χ1n) is 13.9. The lowest BCUT2D eigenvalue weighted by molar-refractivity contribution is -0.149. The molecule has 0 saturated carbocycles. The maximum Gasteiger partial charge on any atom is 0.307 e. The number of carboxylic acid groups (broad SMARTS) is 1. The third-order valence-corrected chi connectivity index (χ3v) is 6.72. The Kier molecular flexibility index (Phi) is 12.4. The number of amides is 2. The molecule has 2 amide bonds. The van der Waals surface area contributed by atoms with Gasteiger partial charge in [-0.1, -0.05) is 91.0 Å². The van der Waals surface area contributed by atoms with E-state index < -0.39 is 48.7 Å². The number of benzene rings is 3. The molecular weight excluding hydrogens is 536 g/mol. The second-order valence-corrected chi connectivity index (χ2v) is 9.99. The molecule has 42 heavy (non-hydrogen) atoms. The van der Waals surface area contributed by atoms with E-state index in [9.17, 15) is 29.1 Å². The molecule has 0 spiro atoms. The molecule has 0 radical (unpaired) electrons. The first kappa shape index (κ1) is 31.7. The number of aliphatic carboxylic acids is 1. The molecule has 0 bridgehead atoms. The minimum atomic E-state index is -1.43. The molecular formula is C33H36N2O7. The van der Waals surface area contributed by atoms with Crippen molar-refractivity contribution < 1.29 is 33.8 Å². The van der Waals surface area contributed by atoms with Crippen LogP contribution in [0.3, 0.4) is 0 Å². The molecule has 2 unspecified atom stereocenters. The van der Waals surface area contributed by atoms with Gasteiger partial charge in [0.25, 0.3) is 0 Å². The number of Topliss-reactive ketones (excluding diaryl/α,β-unsaturated/α-hetero) is 1. The van der Waals surface area contributed by atoms with E-state index in [1.807, 2.05) is 91.0 Å². The second-order valence-electron chi connectivity index (χ2n) is 9.99. The lowest BCUT2D eigenvalue weighted by atomic mass is 9.89. The summed E-state index contributed by atoms with van der Waals surface area (Å²) in [5, 5.41) is 14.2. The number of aryl methyl sites for hydroxylation is 1. The minimum absolute atomic E-state index is 0.0371. The van der Waals surface area contributed by atoms with Crippen molar-refractivity contribution in [2.45, 2.75) is 57.0 Å². The second kappa shape index (κ2) is 16.5. The van der Waals surface area contributed by atoms with E-state index in [1.165, 1.54) is 6.92 Å². The van der Waals surface area contributed by atoms with Gasteiger partial charge >= 0.3 is 11.9 Å². The van der Waals surface area contributed by atoms with Crippen molar-refractivity contribution in [3.63, 3.8) is 0 Å². The van der Waals surface area contributed by atoms with Gasteiger partial charge in [0, 0.05) is 12.3 Å². The standard InChI is InChI=1S/C33H36N2O7/c1-23(34-30(37)19-11-14-24-12-5-2-6-13-24)33(41)35-28(21-31(38)39)29(36)22-42-32(40)20-27(25-15-7-3-8-16-25)26-17-9-4-10-18-26/h2-10,12-13,15-18,23,27-28H,11,14,19-22H2,1H3,(H,34,37)(H,35,41)(H,38,39). The molecule has 0 aliphatic rings. The van der Waals surface area contributed by atoms with Crippen LogP contribution in [0.15, 0.2) is 91.0 Å². The maximum absolute atomic E-state index is 12.8. The van der Waals surface area contributed by atoms with Crippen molar-refractivity contribution in [3.8, 4) is 0 Å². The monoisotopic (exact) mass is 572 g/mol. The lowest BCUT2D eigenvalue weighted by Crippen LogP contribution is -2.51. The van der Waals surface area contributed by atoms with Crippen LogP contribution in [0.25, 0.3) is 0 Å². The zero-order valence-electron chi connectivity index (χ0n) is 23.5. The van der Waals surface area contributed by atoms with Gasteiger partial charge in [-0.2, -0.15) is 0 Å². The number of hydrogen-bond donors (Lipinski definition) is 3. The number of carbonyl (C=O) groups is 5. The quantitative estimate of drug-likeness (QED) is 0.222. The molecule has 9 nitrogen and oxygen atoms in total. The summed E-state index contributed by atoms with van der Waals surface area (Å²) in [4.78, 5) is 62.0. The summed E-state index contributed by atoms with van der Waals surface area (Å²) >= 11 is 0. The molecule has 0 aliphatic carbocycles. The summed E-state index contributed by atoms with van der Waals surface area (Å²) in [5.74, 6) is -4.08. The molecule has 0 saturated heterocycles. The fourth-order valence-electron chi connectivity index (χ4n) is 4.47. The molecule has 0 aromatic heterocycles. The molecule has 3 N–H and O–H groups in total. The topological polar surface area (TPSA) is 139 Å². The largest absolute Gasteiger partial charge is 0.481 e. The van der Waals surface area contributed by atoms with Crippen LogP contribution in [0, 0.1) is 0 Å². The van der Waals surface area contributed by atoms with Gasteiger partial charge in [0.05, 0.1) is 12.8 Å². The van der Waals surface area contributed by atoms with Crippen LogP contribution in [0.5, 0.6) is 0 Å². The van der Waals surface area contributed by atoms with Gasteiger partial charge in [-0.25, -0.2) is 0 Å². The van der Waals surface area contributed by atoms with Gasteiger partial charge in [-0.05, 0) is 36.5 Å². The van der Waals surface area contributed by atoms with Crippen LogP contribution in [-0.2, 0) is 35.1 Å². The molecule has 3 rings (SSSR count). The SMILES string of the molecule is CC(NC(=O)CCCc1ccccc1)C(=O)NC(CC(=O)O)C(=O)COC(=O)CC(c1ccccc1)c1ccccc1. The van der Waals surface area contributed by atoms with Gasteiger partial charge in [0.1, 0.15) is 12.1 Å². The summed E-state index contributed by atoms with van der Waals surface area (Å²) in [7, 11) is 0. The van der Waals surface area contributed by atoms with E-state index >= 15 is 0 Å². The highest BCUT2D eigenvalue weighted by molar-refractivity contribution is 5.95. The van der Waals surface area contributed by atoms with E-state index in [1.54, 1.807) is 0 Å². The molecule has 2 atom stereocenters. The average Bonchev–Trinajstić information content (AvgIpc) is 2.99. The van der Waals surface area contributed by atoms with Gasteiger partial charge in [-0.15, -0.1) is 0 Å². The zero-order valence-corrected chi connectivity index (χ0v) is 23.5. The summed E-state index contributed by atoms with van der Waals surface area (Å²) in [6.07, 6.45) is 0.763. The third-order valence-electron chi connectivity index (χ3n) is 6.72. The van der Waals surface area contributed by atoms with Gasteiger partial charge in [0.2, 0.25) is 11.8 Å². The number of ether oxygens (including phenoxy) is 1. The normalized spacial score (nSPS) is 12.1. The number of carbonyl (C=O) groups excluding carboxylic acids is 4. The Balaban J connectivity index is 1.51. The van der Waals surface area contributed by atoms with Crippen molar-refractivity contribution in [1.82, 2.24) is 10.6 Å². The number of carboxylic acids is 1. The highest BCUT2D eigenvalue weighted by atomic mass is 16.5. The highest BCUT2D eigenvalue weighted by Gasteiger charge is 2.28. The van der Waals surface area contributed by atoms with Crippen molar-refractivity contribution in [1.29, 1.82) is 0 Å². The summed E-state index contributed by atoms with van der Waals surface area (Å²) in [6, 6.07) is 26.1. The number of ketones is 1. The van der Waals surface area contributed by atoms with Crippen LogP contribution >= 0.6 is 0 Å². The fraction of sp³-hybridized carbons (Fsp3) is 0.303. The van der Waals surface area contributed by atoms with E-state index in [-0.39, 0.29) is 24.7 Å². The molecule has 9 heteroatoms. The Bertz CT molecular complexity index is 1290. The van der Waals surface area contributed by atoms with Crippen molar-refractivity contribution in [2.24, 2.45) is 0 Å². The van der Waals surface area contributed by atoms with Crippen molar-refractivity contribution in [2.75, 3.05) is 6.61 Å². The van der Waals surface area contributed by atoms with Gasteiger partial charge in [-0.3, -0.25) is 24.0 Å². The molecule has 0 heterocycles. The van der Waals surface area contributed by atoms with Crippen LogP contribution < -0.4 is 10.6 Å². The van der Waals surface area contributed by atoms with E-state index in [2.05, 4.69) is 10.6 Å². The Morgan fingerprint density at radius 3 is 1.86 bits per heavy atom. The van der Waals surface area contributed by atoms with Crippen molar-refractivity contribution >= 4 is 29.5 Å². The number of hydrogen-bond acceptors (Lipinski definition) is 6. The Hall–Kier alpha value is -4.79. The fourth-order valence-corrected chi connectivity index (χ4v) is 4.47. The number of nitrogens with one attached hydrogen (secondary N) is 2. The van der Waals surface area contributed by atoms with E-state index in [0.29, 0.717) is 12.8 Å². The Labute approximate surface area is 245 Å². The maximum atomic E-state index is 12.8. The average molecular weight is 573 g/mol. The molecule has 0 fully saturated rings. The Morgan fingerprint density at radius 1 is 0.762 bits per heavy atom. The first-order chi connectivity index (χ1) is 20.2. The molecule has 3 aromatic carbocycles. The van der Waals surface area contributed by atoms with Crippen LogP contribution in [0.2, 0.25) is 0 Å². The van der Waals surface area contributed by atoms with Crippen LogP contribution in [-0.4, -0.2) is 53.3 Å². The molecule has 0 aliphatic heterocycles. The van der Waals surface area contributed by atoms with Crippen LogP contribution in [0.4, 0.5) is 0 Å². The summed E-state index contributed by atoms with van der Waals surface area (Å²) < 4.78 is 5.22. The Morgan fingerprint density at radius 2 is 1.31 bits per heavy atom. The predicted octanol–water partition coefficient (Wildman–Crippen LogP) is 3.81. The zero-order chi connectivity index (χ0) is 30.3. The molecule has 220 valence electrons. The number of rotatable bonds is 16. The lowest BCUT2D eigenvalue weighted by Gasteiger charge is -2.20. The van der Waals surface area contributed by atoms with Crippen molar-refractivity contribution in [3.05, 3.63) is 108 Å². The van der Waals surface area contributed by atoms with Crippen LogP contribution in [0.1, 0.15) is 55.2 Å². The smallest absolute Gasteiger partial charge is 0.307 e. The van der Waals surface area contributed by atoms with Gasteiger partial charge < -0.3 is 20.5 Å². The summed E-state index contributed by atoms with van der Waals surface area (Å²) in [5.41, 5.74) is 2.90. The minimum Gasteiger partial charge on any atom is -0.481 e. The molecule has 3 aromatic rings. The number of esters is 1.